The summed E-state index contributed by atoms with van der Waals surface area (Å²) >= 11 is 0. The number of rotatable bonds is 7. The second-order valence-electron chi connectivity index (χ2n) is 6.91. The molecule has 1 aliphatic heterocycles. The van der Waals surface area contributed by atoms with Crippen LogP contribution in [0.2, 0.25) is 0 Å². The number of hydrogen-bond acceptors (Lipinski definition) is 5. The lowest BCUT2D eigenvalue weighted by atomic mass is 9.99. The maximum absolute atomic E-state index is 12.8. The molecule has 0 saturated carbocycles. The van der Waals surface area contributed by atoms with Gasteiger partial charge in [0.2, 0.25) is 0 Å². The fourth-order valence-electron chi connectivity index (χ4n) is 3.41. The Kier molecular flexibility index (Phi) is 6.54. The summed E-state index contributed by atoms with van der Waals surface area (Å²) in [5.41, 5.74) is 4.26. The Labute approximate surface area is 172 Å². The van der Waals surface area contributed by atoms with Gasteiger partial charge in [-0.25, -0.2) is 0 Å². The fourth-order valence-corrected chi connectivity index (χ4v) is 3.41. The third kappa shape index (κ3) is 4.59. The number of anilines is 2. The molecule has 150 valence electrons. The Bertz CT molecular complexity index is 928. The SMILES string of the molecule is CCN(CC)c1ccc(/C=N/N=C(\C)C2C(=O)N(c3ccccc3)N=C2C)cc1. The van der Waals surface area contributed by atoms with Gasteiger partial charge >= 0.3 is 0 Å². The van der Waals surface area contributed by atoms with E-state index in [4.69, 9.17) is 0 Å². The monoisotopic (exact) mass is 389 g/mol. The zero-order chi connectivity index (χ0) is 20.8. The number of carbonyl (C=O) groups is 1. The number of benzene rings is 2. The van der Waals surface area contributed by atoms with Gasteiger partial charge in [0.1, 0.15) is 5.92 Å². The van der Waals surface area contributed by atoms with Gasteiger partial charge in [-0.3, -0.25) is 4.79 Å². The summed E-state index contributed by atoms with van der Waals surface area (Å²) in [7, 11) is 0. The molecule has 0 spiro atoms. The Balaban J connectivity index is 1.70. The maximum atomic E-state index is 12.8. The smallest absolute Gasteiger partial charge is 0.262 e. The number of nitrogens with zero attached hydrogens (tertiary/aromatic N) is 5. The van der Waals surface area contributed by atoms with Crippen LogP contribution in [-0.2, 0) is 4.79 Å². The third-order valence-electron chi connectivity index (χ3n) is 4.99. The largest absolute Gasteiger partial charge is 0.372 e. The van der Waals surface area contributed by atoms with Crippen molar-refractivity contribution >= 4 is 34.9 Å². The lowest BCUT2D eigenvalue weighted by molar-refractivity contribution is -0.118. The molecule has 1 amide bonds. The van der Waals surface area contributed by atoms with Crippen molar-refractivity contribution in [1.29, 1.82) is 0 Å². The van der Waals surface area contributed by atoms with E-state index in [0.29, 0.717) is 5.71 Å². The molecule has 0 saturated heterocycles. The van der Waals surface area contributed by atoms with E-state index in [2.05, 4.69) is 46.2 Å². The van der Waals surface area contributed by atoms with E-state index in [1.54, 1.807) is 6.21 Å². The first-order valence-electron chi connectivity index (χ1n) is 9.91. The Morgan fingerprint density at radius 1 is 1.10 bits per heavy atom. The Hall–Kier alpha value is -3.28. The van der Waals surface area contributed by atoms with Crippen molar-refractivity contribution in [2.75, 3.05) is 23.0 Å². The maximum Gasteiger partial charge on any atom is 0.262 e. The predicted octanol–water partition coefficient (Wildman–Crippen LogP) is 4.37. The van der Waals surface area contributed by atoms with Gasteiger partial charge in [-0.15, -0.1) is 0 Å². The van der Waals surface area contributed by atoms with Crippen LogP contribution in [0.5, 0.6) is 0 Å². The third-order valence-corrected chi connectivity index (χ3v) is 4.99. The number of para-hydroxylation sites is 1. The highest BCUT2D eigenvalue weighted by Gasteiger charge is 2.36. The highest BCUT2D eigenvalue weighted by Crippen LogP contribution is 2.24. The van der Waals surface area contributed by atoms with E-state index in [-0.39, 0.29) is 5.91 Å². The second-order valence-corrected chi connectivity index (χ2v) is 6.91. The molecule has 1 atom stereocenters. The lowest BCUT2D eigenvalue weighted by Gasteiger charge is -2.20. The van der Waals surface area contributed by atoms with Crippen molar-refractivity contribution in [3.05, 3.63) is 60.2 Å². The van der Waals surface area contributed by atoms with E-state index in [0.717, 1.165) is 30.1 Å². The molecule has 0 N–H and O–H groups in total. The van der Waals surface area contributed by atoms with Gasteiger partial charge in [0.25, 0.3) is 5.91 Å². The number of carbonyl (C=O) groups excluding carboxylic acids is 1. The molecule has 6 nitrogen and oxygen atoms in total. The molecule has 0 radical (unpaired) electrons. The molecule has 2 aromatic rings. The first-order valence-corrected chi connectivity index (χ1v) is 9.91. The normalized spacial score (nSPS) is 17.2. The van der Waals surface area contributed by atoms with Crippen LogP contribution < -0.4 is 9.91 Å². The molecule has 1 aliphatic rings. The highest BCUT2D eigenvalue weighted by molar-refractivity contribution is 6.27. The van der Waals surface area contributed by atoms with Gasteiger partial charge in [-0.2, -0.15) is 20.3 Å². The number of hydrazone groups is 1. The molecule has 1 heterocycles. The van der Waals surface area contributed by atoms with Crippen molar-refractivity contribution < 1.29 is 4.79 Å². The Morgan fingerprint density at radius 2 is 1.76 bits per heavy atom. The van der Waals surface area contributed by atoms with Crippen LogP contribution >= 0.6 is 0 Å². The Morgan fingerprint density at radius 3 is 2.38 bits per heavy atom. The summed E-state index contributed by atoms with van der Waals surface area (Å²) in [5.74, 6) is -0.578. The standard InChI is InChI=1S/C23H27N5O/c1-5-27(6-2)20-14-12-19(13-15-20)16-24-25-17(3)22-18(4)26-28(23(22)29)21-10-8-7-9-11-21/h7-16,22H,5-6H2,1-4H3/b24-16+,25-17+. The van der Waals surface area contributed by atoms with Crippen LogP contribution in [-0.4, -0.2) is 36.6 Å². The summed E-state index contributed by atoms with van der Waals surface area (Å²) in [5, 5.41) is 14.3. The number of hydrogen-bond donors (Lipinski definition) is 0. The van der Waals surface area contributed by atoms with Crippen molar-refractivity contribution in [3.63, 3.8) is 0 Å². The molecular formula is C23H27N5O. The van der Waals surface area contributed by atoms with E-state index in [1.165, 1.54) is 10.7 Å². The summed E-state index contributed by atoms with van der Waals surface area (Å²) in [6.45, 7) is 9.90. The summed E-state index contributed by atoms with van der Waals surface area (Å²) in [6.07, 6.45) is 1.70. The molecule has 0 bridgehead atoms. The van der Waals surface area contributed by atoms with Crippen LogP contribution in [0, 0.1) is 5.92 Å². The first-order chi connectivity index (χ1) is 14.0. The topological polar surface area (TPSA) is 60.6 Å². The van der Waals surface area contributed by atoms with Crippen LogP contribution in [0.1, 0.15) is 33.3 Å². The molecular weight excluding hydrogens is 362 g/mol. The van der Waals surface area contributed by atoms with Crippen molar-refractivity contribution in [2.45, 2.75) is 27.7 Å². The lowest BCUT2D eigenvalue weighted by Crippen LogP contribution is -2.31. The summed E-state index contributed by atoms with van der Waals surface area (Å²) in [4.78, 5) is 15.1. The molecule has 0 aliphatic carbocycles. The van der Waals surface area contributed by atoms with Gasteiger partial charge < -0.3 is 4.90 Å². The molecule has 29 heavy (non-hydrogen) atoms. The molecule has 3 rings (SSSR count). The summed E-state index contributed by atoms with van der Waals surface area (Å²) in [6, 6.07) is 17.6. The van der Waals surface area contributed by atoms with Gasteiger partial charge in [0.05, 0.1) is 23.3 Å². The van der Waals surface area contributed by atoms with Crippen LogP contribution in [0.15, 0.2) is 69.9 Å². The molecule has 0 fully saturated rings. The van der Waals surface area contributed by atoms with Crippen molar-refractivity contribution in [2.24, 2.45) is 21.2 Å². The molecule has 1 unspecified atom stereocenters. The van der Waals surface area contributed by atoms with Crippen molar-refractivity contribution in [3.8, 4) is 0 Å². The first kappa shape index (κ1) is 20.5. The van der Waals surface area contributed by atoms with Gasteiger partial charge in [0, 0.05) is 18.8 Å². The minimum Gasteiger partial charge on any atom is -0.372 e. The van der Waals surface area contributed by atoms with E-state index < -0.39 is 5.92 Å². The average Bonchev–Trinajstić information content (AvgIpc) is 3.04. The van der Waals surface area contributed by atoms with Crippen LogP contribution in [0.4, 0.5) is 11.4 Å². The molecule has 0 aromatic heterocycles. The van der Waals surface area contributed by atoms with Crippen LogP contribution in [0.3, 0.4) is 0 Å². The van der Waals surface area contributed by atoms with E-state index in [1.807, 2.05) is 56.3 Å². The molecule has 2 aromatic carbocycles. The zero-order valence-corrected chi connectivity index (χ0v) is 17.4. The second kappa shape index (κ2) is 9.28. The van der Waals surface area contributed by atoms with Gasteiger partial charge in [-0.1, -0.05) is 30.3 Å². The van der Waals surface area contributed by atoms with Crippen molar-refractivity contribution in [1.82, 2.24) is 0 Å². The highest BCUT2D eigenvalue weighted by atomic mass is 16.2. The average molecular weight is 390 g/mol. The number of amides is 1. The van der Waals surface area contributed by atoms with E-state index >= 15 is 0 Å². The zero-order valence-electron chi connectivity index (χ0n) is 17.4. The van der Waals surface area contributed by atoms with Gasteiger partial charge in [-0.05, 0) is 57.5 Å². The fraction of sp³-hybridized carbons (Fsp3) is 0.304. The minimum atomic E-state index is -0.475. The van der Waals surface area contributed by atoms with Gasteiger partial charge in [0.15, 0.2) is 0 Å². The van der Waals surface area contributed by atoms with E-state index in [9.17, 15) is 4.79 Å². The molecule has 6 heteroatoms. The van der Waals surface area contributed by atoms with Crippen LogP contribution in [0.25, 0.3) is 0 Å². The summed E-state index contributed by atoms with van der Waals surface area (Å²) < 4.78 is 0. The minimum absolute atomic E-state index is 0.103. The quantitative estimate of drug-likeness (QED) is 0.522. The predicted molar refractivity (Wildman–Crippen MR) is 121 cm³/mol.